The Bertz CT molecular complexity index is 823. The van der Waals surface area contributed by atoms with Crippen molar-refractivity contribution in [2.24, 2.45) is 7.05 Å². The molecule has 0 radical (unpaired) electrons. The van der Waals surface area contributed by atoms with Crippen molar-refractivity contribution >= 4 is 16.9 Å². The Morgan fingerprint density at radius 2 is 1.91 bits per heavy atom. The summed E-state index contributed by atoms with van der Waals surface area (Å²) in [6.45, 7) is 3.89. The summed E-state index contributed by atoms with van der Waals surface area (Å²) in [5, 5.41) is 8.26. The van der Waals surface area contributed by atoms with Crippen LogP contribution in [0.1, 0.15) is 34.7 Å². The number of rotatable bonds is 3. The molecule has 0 bridgehead atoms. The summed E-state index contributed by atoms with van der Waals surface area (Å²) in [5.74, 6) is -0.183. The van der Waals surface area contributed by atoms with Crippen molar-refractivity contribution in [3.05, 3.63) is 59.4 Å². The van der Waals surface area contributed by atoms with E-state index in [2.05, 4.69) is 15.4 Å². The molecule has 1 atom stereocenters. The molecule has 0 aliphatic rings. The van der Waals surface area contributed by atoms with Gasteiger partial charge in [-0.1, -0.05) is 30.3 Å². The van der Waals surface area contributed by atoms with Gasteiger partial charge in [0.05, 0.1) is 11.7 Å². The van der Waals surface area contributed by atoms with Crippen LogP contribution in [0.5, 0.6) is 0 Å². The minimum atomic E-state index is -0.183. The smallest absolute Gasteiger partial charge is 0.270 e. The molecule has 0 fully saturated rings. The first-order chi connectivity index (χ1) is 10.6. The number of amides is 1. The van der Waals surface area contributed by atoms with Crippen LogP contribution in [0.15, 0.2) is 42.5 Å². The molecule has 2 heterocycles. The second kappa shape index (κ2) is 5.60. The van der Waals surface area contributed by atoms with Crippen LogP contribution < -0.4 is 5.32 Å². The molecule has 5 nitrogen and oxygen atoms in total. The molecule has 3 rings (SSSR count). The van der Waals surface area contributed by atoms with Crippen molar-refractivity contribution < 1.29 is 4.79 Å². The predicted molar refractivity (Wildman–Crippen MR) is 85.6 cm³/mol. The van der Waals surface area contributed by atoms with Crippen LogP contribution in [0.2, 0.25) is 0 Å². The first-order valence-corrected chi connectivity index (χ1v) is 7.22. The van der Waals surface area contributed by atoms with Gasteiger partial charge in [-0.15, -0.1) is 0 Å². The zero-order chi connectivity index (χ0) is 15.7. The van der Waals surface area contributed by atoms with E-state index in [-0.39, 0.29) is 11.9 Å². The van der Waals surface area contributed by atoms with Gasteiger partial charge >= 0.3 is 0 Å². The molecular formula is C17H18N4O. The largest absolute Gasteiger partial charge is 0.344 e. The van der Waals surface area contributed by atoms with Crippen LogP contribution in [0.3, 0.4) is 0 Å². The lowest BCUT2D eigenvalue weighted by molar-refractivity contribution is 0.0935. The number of carbonyl (C=O) groups is 1. The number of nitrogens with zero attached hydrogens (tertiary/aromatic N) is 3. The number of carbonyl (C=O) groups excluding carboxylic acids is 1. The van der Waals surface area contributed by atoms with Crippen LogP contribution >= 0.6 is 0 Å². The highest BCUT2D eigenvalue weighted by Crippen LogP contribution is 2.17. The highest BCUT2D eigenvalue weighted by Gasteiger charge is 2.14. The van der Waals surface area contributed by atoms with Crippen LogP contribution in [0.4, 0.5) is 0 Å². The van der Waals surface area contributed by atoms with Crippen molar-refractivity contribution in [3.8, 4) is 0 Å². The zero-order valence-electron chi connectivity index (χ0n) is 12.9. The molecule has 5 heteroatoms. The van der Waals surface area contributed by atoms with Gasteiger partial charge in [0.2, 0.25) is 0 Å². The van der Waals surface area contributed by atoms with E-state index in [1.165, 1.54) is 0 Å². The fourth-order valence-corrected chi connectivity index (χ4v) is 2.53. The molecule has 3 aromatic rings. The maximum Gasteiger partial charge on any atom is 0.270 e. The van der Waals surface area contributed by atoms with E-state index in [1.807, 2.05) is 57.3 Å². The third-order valence-electron chi connectivity index (χ3n) is 3.75. The van der Waals surface area contributed by atoms with Gasteiger partial charge in [-0.25, -0.2) is 4.98 Å². The summed E-state index contributed by atoms with van der Waals surface area (Å²) < 4.78 is 1.70. The molecule has 1 aromatic carbocycles. The highest BCUT2D eigenvalue weighted by atomic mass is 16.1. The Morgan fingerprint density at radius 3 is 2.64 bits per heavy atom. The number of benzene rings is 1. The first kappa shape index (κ1) is 14.3. The van der Waals surface area contributed by atoms with Crippen molar-refractivity contribution in [2.75, 3.05) is 0 Å². The van der Waals surface area contributed by atoms with E-state index in [1.54, 1.807) is 10.7 Å². The van der Waals surface area contributed by atoms with Gasteiger partial charge < -0.3 is 5.32 Å². The van der Waals surface area contributed by atoms with E-state index in [0.717, 1.165) is 22.3 Å². The Labute approximate surface area is 129 Å². The number of aryl methyl sites for hydroxylation is 2. The lowest BCUT2D eigenvalue weighted by atomic mass is 10.1. The number of hydrogen-bond donors (Lipinski definition) is 1. The van der Waals surface area contributed by atoms with Crippen LogP contribution in [0.25, 0.3) is 11.0 Å². The monoisotopic (exact) mass is 294 g/mol. The molecule has 2 aromatic heterocycles. The Morgan fingerprint density at radius 1 is 1.18 bits per heavy atom. The molecule has 22 heavy (non-hydrogen) atoms. The quantitative estimate of drug-likeness (QED) is 0.808. The number of pyridine rings is 1. The van der Waals surface area contributed by atoms with E-state index in [9.17, 15) is 4.79 Å². The average molecular weight is 294 g/mol. The Balaban J connectivity index is 1.85. The van der Waals surface area contributed by atoms with Crippen molar-refractivity contribution in [1.82, 2.24) is 20.1 Å². The van der Waals surface area contributed by atoms with Gasteiger partial charge in [0.25, 0.3) is 5.91 Å². The standard InChI is InChI=1S/C17H18N4O/c1-11(13-7-5-4-6-8-13)18-17(22)15-10-9-14-12(2)20-21(3)16(14)19-15/h4-11H,1-3H3,(H,18,22)/t11-/m0/s1. The van der Waals surface area contributed by atoms with Crippen LogP contribution in [0, 0.1) is 6.92 Å². The number of hydrogen-bond acceptors (Lipinski definition) is 3. The second-order valence-electron chi connectivity index (χ2n) is 5.38. The van der Waals surface area contributed by atoms with Crippen LogP contribution in [-0.2, 0) is 7.05 Å². The summed E-state index contributed by atoms with van der Waals surface area (Å²) in [7, 11) is 1.83. The molecule has 0 saturated carbocycles. The minimum absolute atomic E-state index is 0.0699. The number of fused-ring (bicyclic) bond motifs is 1. The summed E-state index contributed by atoms with van der Waals surface area (Å²) >= 11 is 0. The van der Waals surface area contributed by atoms with E-state index in [0.29, 0.717) is 5.69 Å². The lowest BCUT2D eigenvalue weighted by Gasteiger charge is -2.13. The Kier molecular flexibility index (Phi) is 3.63. The fraction of sp³-hybridized carbons (Fsp3) is 0.235. The molecule has 0 saturated heterocycles. The molecule has 0 aliphatic carbocycles. The molecule has 0 spiro atoms. The highest BCUT2D eigenvalue weighted by molar-refractivity contribution is 5.94. The minimum Gasteiger partial charge on any atom is -0.344 e. The van der Waals surface area contributed by atoms with E-state index < -0.39 is 0 Å². The second-order valence-corrected chi connectivity index (χ2v) is 5.38. The molecular weight excluding hydrogens is 276 g/mol. The maximum atomic E-state index is 12.4. The zero-order valence-corrected chi connectivity index (χ0v) is 12.9. The Hall–Kier alpha value is -2.69. The van der Waals surface area contributed by atoms with Crippen molar-refractivity contribution in [3.63, 3.8) is 0 Å². The maximum absolute atomic E-state index is 12.4. The van der Waals surface area contributed by atoms with E-state index >= 15 is 0 Å². The first-order valence-electron chi connectivity index (χ1n) is 7.22. The van der Waals surface area contributed by atoms with Gasteiger partial charge in [-0.05, 0) is 31.5 Å². The molecule has 1 N–H and O–H groups in total. The van der Waals surface area contributed by atoms with Crippen LogP contribution in [-0.4, -0.2) is 20.7 Å². The van der Waals surface area contributed by atoms with Crippen molar-refractivity contribution in [1.29, 1.82) is 0 Å². The van der Waals surface area contributed by atoms with Gasteiger partial charge in [0.15, 0.2) is 5.65 Å². The van der Waals surface area contributed by atoms with Gasteiger partial charge in [0, 0.05) is 12.4 Å². The van der Waals surface area contributed by atoms with E-state index in [4.69, 9.17) is 0 Å². The van der Waals surface area contributed by atoms with Crippen molar-refractivity contribution in [2.45, 2.75) is 19.9 Å². The summed E-state index contributed by atoms with van der Waals surface area (Å²) in [4.78, 5) is 16.8. The summed E-state index contributed by atoms with van der Waals surface area (Å²) in [6.07, 6.45) is 0. The lowest BCUT2D eigenvalue weighted by Crippen LogP contribution is -2.27. The third-order valence-corrected chi connectivity index (χ3v) is 3.75. The number of nitrogens with one attached hydrogen (secondary N) is 1. The average Bonchev–Trinajstić information content (AvgIpc) is 2.82. The predicted octanol–water partition coefficient (Wildman–Crippen LogP) is 2.77. The fourth-order valence-electron chi connectivity index (χ4n) is 2.53. The summed E-state index contributed by atoms with van der Waals surface area (Å²) in [5.41, 5.74) is 3.10. The van der Waals surface area contributed by atoms with Gasteiger partial charge in [-0.3, -0.25) is 9.48 Å². The molecule has 112 valence electrons. The molecule has 0 unspecified atom stereocenters. The normalized spacial score (nSPS) is 12.3. The third kappa shape index (κ3) is 2.57. The summed E-state index contributed by atoms with van der Waals surface area (Å²) in [6, 6.07) is 13.4. The molecule has 1 amide bonds. The van der Waals surface area contributed by atoms with Gasteiger partial charge in [-0.2, -0.15) is 5.10 Å². The SMILES string of the molecule is Cc1nn(C)c2nc(C(=O)N[C@@H](C)c3ccccc3)ccc12. The van der Waals surface area contributed by atoms with Gasteiger partial charge in [0.1, 0.15) is 5.69 Å². The number of aromatic nitrogens is 3. The molecule has 0 aliphatic heterocycles. The topological polar surface area (TPSA) is 59.8 Å².